The molecule has 0 amide bonds. The Balaban J connectivity index is 1.55. The number of ether oxygens (including phenoxy) is 1. The van der Waals surface area contributed by atoms with Crippen LogP contribution < -0.4 is 5.32 Å². The molecule has 1 N–H and O–H groups in total. The molecular weight excluding hydrogens is 248 g/mol. The first-order valence-electron chi connectivity index (χ1n) is 8.58. The molecule has 3 atom stereocenters. The van der Waals surface area contributed by atoms with Crippen molar-refractivity contribution in [1.82, 2.24) is 10.2 Å². The summed E-state index contributed by atoms with van der Waals surface area (Å²) in [5.74, 6) is 0. The van der Waals surface area contributed by atoms with Gasteiger partial charge in [-0.15, -0.1) is 0 Å². The molecule has 0 radical (unpaired) electrons. The Bertz CT molecular complexity index is 283. The average Bonchev–Trinajstić information content (AvgIpc) is 2.67. The van der Waals surface area contributed by atoms with E-state index >= 15 is 0 Å². The van der Waals surface area contributed by atoms with Gasteiger partial charge < -0.3 is 10.1 Å². The highest BCUT2D eigenvalue weighted by Crippen LogP contribution is 2.37. The van der Waals surface area contributed by atoms with Crippen molar-refractivity contribution in [3.63, 3.8) is 0 Å². The maximum absolute atomic E-state index is 5.78. The Morgan fingerprint density at radius 1 is 1.15 bits per heavy atom. The minimum atomic E-state index is 0.399. The van der Waals surface area contributed by atoms with Crippen molar-refractivity contribution in [2.75, 3.05) is 26.2 Å². The summed E-state index contributed by atoms with van der Waals surface area (Å²) in [5, 5.41) is 3.78. The van der Waals surface area contributed by atoms with Gasteiger partial charge in [0.1, 0.15) is 0 Å². The highest BCUT2D eigenvalue weighted by molar-refractivity contribution is 4.89. The Labute approximate surface area is 125 Å². The van der Waals surface area contributed by atoms with Crippen LogP contribution in [0.25, 0.3) is 0 Å². The van der Waals surface area contributed by atoms with E-state index in [9.17, 15) is 0 Å². The zero-order valence-corrected chi connectivity index (χ0v) is 14.0. The standard InChI is InChI=1S/C17H34N2O/c1-14-12-19(13-15(2)20-14)11-6-5-10-18-16-8-7-9-17(16,3)4/h14-16,18H,5-13H2,1-4H3/t14-,15-,16-/m1/s1. The molecule has 0 spiro atoms. The van der Waals surface area contributed by atoms with E-state index in [4.69, 9.17) is 4.74 Å². The fourth-order valence-corrected chi connectivity index (χ4v) is 3.91. The molecule has 1 saturated heterocycles. The predicted molar refractivity (Wildman–Crippen MR) is 85.1 cm³/mol. The number of nitrogens with one attached hydrogen (secondary N) is 1. The van der Waals surface area contributed by atoms with Gasteiger partial charge >= 0.3 is 0 Å². The number of unbranched alkanes of at least 4 members (excludes halogenated alkanes) is 1. The highest BCUT2D eigenvalue weighted by Gasteiger charge is 2.33. The van der Waals surface area contributed by atoms with Crippen LogP contribution in [0.5, 0.6) is 0 Å². The topological polar surface area (TPSA) is 24.5 Å². The van der Waals surface area contributed by atoms with E-state index in [1.165, 1.54) is 45.2 Å². The molecule has 118 valence electrons. The number of morpholine rings is 1. The summed E-state index contributed by atoms with van der Waals surface area (Å²) in [6, 6.07) is 0.742. The van der Waals surface area contributed by atoms with E-state index in [1.54, 1.807) is 0 Å². The maximum Gasteiger partial charge on any atom is 0.0678 e. The van der Waals surface area contributed by atoms with Crippen LogP contribution in [0, 0.1) is 5.41 Å². The van der Waals surface area contributed by atoms with Gasteiger partial charge in [-0.05, 0) is 58.0 Å². The molecule has 3 nitrogen and oxygen atoms in total. The van der Waals surface area contributed by atoms with Gasteiger partial charge in [-0.2, -0.15) is 0 Å². The van der Waals surface area contributed by atoms with Crippen LogP contribution in [0.1, 0.15) is 59.8 Å². The van der Waals surface area contributed by atoms with Crippen molar-refractivity contribution in [3.8, 4) is 0 Å². The molecular formula is C17H34N2O. The third-order valence-electron chi connectivity index (χ3n) is 5.04. The summed E-state index contributed by atoms with van der Waals surface area (Å²) in [7, 11) is 0. The maximum atomic E-state index is 5.78. The quantitative estimate of drug-likeness (QED) is 0.758. The van der Waals surface area contributed by atoms with E-state index in [0.29, 0.717) is 17.6 Å². The molecule has 2 rings (SSSR count). The molecule has 0 unspecified atom stereocenters. The molecule has 0 aromatic heterocycles. The van der Waals surface area contributed by atoms with Crippen LogP contribution in [-0.4, -0.2) is 49.3 Å². The molecule has 0 bridgehead atoms. The molecule has 1 saturated carbocycles. The van der Waals surface area contributed by atoms with E-state index in [1.807, 2.05) is 0 Å². The molecule has 20 heavy (non-hydrogen) atoms. The van der Waals surface area contributed by atoms with Crippen LogP contribution in [-0.2, 0) is 4.74 Å². The lowest BCUT2D eigenvalue weighted by atomic mass is 9.87. The zero-order valence-electron chi connectivity index (χ0n) is 14.0. The molecule has 1 heterocycles. The number of hydrogen-bond donors (Lipinski definition) is 1. The summed E-state index contributed by atoms with van der Waals surface area (Å²) < 4.78 is 5.78. The lowest BCUT2D eigenvalue weighted by Crippen LogP contribution is -2.45. The molecule has 1 aliphatic heterocycles. The summed E-state index contributed by atoms with van der Waals surface area (Å²) in [6.45, 7) is 13.8. The normalized spacial score (nSPS) is 34.5. The SMILES string of the molecule is C[C@@H]1CN(CCCCN[C@@H]2CCCC2(C)C)C[C@@H](C)O1. The van der Waals surface area contributed by atoms with Crippen molar-refractivity contribution in [2.24, 2.45) is 5.41 Å². The van der Waals surface area contributed by atoms with Gasteiger partial charge in [0.05, 0.1) is 12.2 Å². The molecule has 2 aliphatic rings. The van der Waals surface area contributed by atoms with Crippen LogP contribution in [0.2, 0.25) is 0 Å². The van der Waals surface area contributed by atoms with Crippen molar-refractivity contribution < 1.29 is 4.74 Å². The van der Waals surface area contributed by atoms with Crippen LogP contribution in [0.15, 0.2) is 0 Å². The first kappa shape index (κ1) is 16.3. The van der Waals surface area contributed by atoms with E-state index < -0.39 is 0 Å². The van der Waals surface area contributed by atoms with Crippen molar-refractivity contribution >= 4 is 0 Å². The third kappa shape index (κ3) is 4.71. The van der Waals surface area contributed by atoms with Gasteiger partial charge in [0.2, 0.25) is 0 Å². The predicted octanol–water partition coefficient (Wildman–Crippen LogP) is 3.04. The van der Waals surface area contributed by atoms with E-state index in [-0.39, 0.29) is 0 Å². The second-order valence-electron chi connectivity index (χ2n) is 7.61. The number of nitrogens with zero attached hydrogens (tertiary/aromatic N) is 1. The molecule has 0 aromatic carbocycles. The highest BCUT2D eigenvalue weighted by atomic mass is 16.5. The third-order valence-corrected chi connectivity index (χ3v) is 5.04. The second kappa shape index (κ2) is 7.24. The number of rotatable bonds is 6. The molecule has 3 heteroatoms. The molecule has 1 aliphatic carbocycles. The lowest BCUT2D eigenvalue weighted by Gasteiger charge is -2.35. The van der Waals surface area contributed by atoms with E-state index in [0.717, 1.165) is 19.1 Å². The van der Waals surface area contributed by atoms with Gasteiger partial charge in [-0.1, -0.05) is 20.3 Å². The van der Waals surface area contributed by atoms with Crippen LogP contribution >= 0.6 is 0 Å². The Morgan fingerprint density at radius 3 is 2.45 bits per heavy atom. The van der Waals surface area contributed by atoms with Crippen molar-refractivity contribution in [2.45, 2.75) is 78.0 Å². The smallest absolute Gasteiger partial charge is 0.0678 e. The van der Waals surface area contributed by atoms with Crippen LogP contribution in [0.4, 0.5) is 0 Å². The van der Waals surface area contributed by atoms with Crippen molar-refractivity contribution in [1.29, 1.82) is 0 Å². The minimum absolute atomic E-state index is 0.399. The Kier molecular flexibility index (Phi) is 5.88. The summed E-state index contributed by atoms with van der Waals surface area (Å²) in [5.41, 5.74) is 0.509. The summed E-state index contributed by atoms with van der Waals surface area (Å²) in [6.07, 6.45) is 7.55. The van der Waals surface area contributed by atoms with Crippen molar-refractivity contribution in [3.05, 3.63) is 0 Å². The second-order valence-corrected chi connectivity index (χ2v) is 7.61. The van der Waals surface area contributed by atoms with Gasteiger partial charge in [-0.25, -0.2) is 0 Å². The number of hydrogen-bond acceptors (Lipinski definition) is 3. The van der Waals surface area contributed by atoms with Crippen LogP contribution in [0.3, 0.4) is 0 Å². The fourth-order valence-electron chi connectivity index (χ4n) is 3.91. The average molecular weight is 282 g/mol. The van der Waals surface area contributed by atoms with Gasteiger partial charge in [0, 0.05) is 19.1 Å². The Hall–Kier alpha value is -0.120. The molecule has 2 fully saturated rings. The Morgan fingerprint density at radius 2 is 1.85 bits per heavy atom. The lowest BCUT2D eigenvalue weighted by molar-refractivity contribution is -0.0681. The molecule has 0 aromatic rings. The van der Waals surface area contributed by atoms with Gasteiger partial charge in [-0.3, -0.25) is 4.90 Å². The first-order valence-corrected chi connectivity index (χ1v) is 8.58. The summed E-state index contributed by atoms with van der Waals surface area (Å²) in [4.78, 5) is 2.57. The first-order chi connectivity index (χ1) is 9.47. The van der Waals surface area contributed by atoms with Gasteiger partial charge in [0.15, 0.2) is 0 Å². The fraction of sp³-hybridized carbons (Fsp3) is 1.00. The largest absolute Gasteiger partial charge is 0.373 e. The monoisotopic (exact) mass is 282 g/mol. The van der Waals surface area contributed by atoms with Gasteiger partial charge in [0.25, 0.3) is 0 Å². The minimum Gasteiger partial charge on any atom is -0.373 e. The zero-order chi connectivity index (χ0) is 14.6. The van der Waals surface area contributed by atoms with E-state index in [2.05, 4.69) is 37.9 Å². The summed E-state index contributed by atoms with van der Waals surface area (Å²) >= 11 is 0.